The van der Waals surface area contributed by atoms with Crippen molar-refractivity contribution < 1.29 is 37.4 Å². The first kappa shape index (κ1) is 27.1. The molecule has 2 aliphatic heterocycles. The van der Waals surface area contributed by atoms with E-state index in [0.717, 1.165) is 24.2 Å². The summed E-state index contributed by atoms with van der Waals surface area (Å²) in [6.07, 6.45) is 4.51. The van der Waals surface area contributed by atoms with Gasteiger partial charge in [0.1, 0.15) is 17.8 Å². The molecule has 3 amide bonds. The number of aromatic nitrogens is 2. The second-order valence-corrected chi connectivity index (χ2v) is 9.99. The summed E-state index contributed by atoms with van der Waals surface area (Å²) in [5.41, 5.74) is 0.0567. The smallest absolute Gasteiger partial charge is 0.325 e. The Bertz CT molecular complexity index is 1210. The Morgan fingerprint density at radius 2 is 1.79 bits per heavy atom. The molecule has 1 spiro atoms. The normalized spacial score (nSPS) is 22.1. The fourth-order valence-corrected chi connectivity index (χ4v) is 5.04. The molecule has 1 atom stereocenters. The predicted molar refractivity (Wildman–Crippen MR) is 133 cm³/mol. The number of nitrogens with one attached hydrogen (secondary N) is 1. The van der Waals surface area contributed by atoms with Gasteiger partial charge < -0.3 is 19.5 Å². The molecular formula is C27H30F2N4O6. The van der Waals surface area contributed by atoms with Gasteiger partial charge in [0.05, 0.1) is 13.2 Å². The molecule has 1 N–H and O–H groups in total. The quantitative estimate of drug-likeness (QED) is 0.288. The number of carbonyl (C=O) groups is 3. The number of carbonyl (C=O) groups excluding carboxylic acids is 3. The Balaban J connectivity index is 1.19. The van der Waals surface area contributed by atoms with Crippen molar-refractivity contribution in [1.82, 2.24) is 20.2 Å². The molecule has 39 heavy (non-hydrogen) atoms. The standard InChI is InChI=1S/C27H30F2N4O6/c28-27(29)10-8-26(9-11-27)24(35)33(25(36)32-26)17-20(34)18-4-6-19(7-5-18)22-23(31-13-12-30-22)39-16-15-38-21-3-1-2-14-37-21/h4-7,12-13,21H,1-3,8-11,14-17H2,(H,32,36). The van der Waals surface area contributed by atoms with Crippen molar-refractivity contribution in [3.8, 4) is 17.1 Å². The number of alkyl halides is 2. The van der Waals surface area contributed by atoms with Crippen LogP contribution >= 0.6 is 0 Å². The van der Waals surface area contributed by atoms with E-state index in [1.165, 1.54) is 12.4 Å². The minimum Gasteiger partial charge on any atom is -0.474 e. The monoisotopic (exact) mass is 544 g/mol. The van der Waals surface area contributed by atoms with E-state index in [1.807, 2.05) is 0 Å². The molecule has 3 fully saturated rings. The van der Waals surface area contributed by atoms with Crippen LogP contribution in [0.1, 0.15) is 55.3 Å². The third-order valence-corrected chi connectivity index (χ3v) is 7.29. The minimum atomic E-state index is -2.85. The number of rotatable bonds is 9. The molecule has 1 aliphatic carbocycles. The van der Waals surface area contributed by atoms with Crippen molar-refractivity contribution in [1.29, 1.82) is 0 Å². The Morgan fingerprint density at radius 3 is 2.51 bits per heavy atom. The van der Waals surface area contributed by atoms with Crippen LogP contribution in [0, 0.1) is 0 Å². The van der Waals surface area contributed by atoms with E-state index >= 15 is 0 Å². The van der Waals surface area contributed by atoms with Gasteiger partial charge in [0, 0.05) is 43.0 Å². The lowest BCUT2D eigenvalue weighted by atomic mass is 9.80. The predicted octanol–water partition coefficient (Wildman–Crippen LogP) is 3.75. The SMILES string of the molecule is O=C(CN1C(=O)NC2(CCC(F)(F)CC2)C1=O)c1ccc(-c2nccnc2OCCOC2CCCCO2)cc1. The maximum absolute atomic E-state index is 13.6. The van der Waals surface area contributed by atoms with E-state index in [-0.39, 0.29) is 31.3 Å². The summed E-state index contributed by atoms with van der Waals surface area (Å²) in [7, 11) is 0. The fourth-order valence-electron chi connectivity index (χ4n) is 5.04. The van der Waals surface area contributed by atoms with E-state index in [4.69, 9.17) is 14.2 Å². The van der Waals surface area contributed by atoms with E-state index in [2.05, 4.69) is 15.3 Å². The average Bonchev–Trinajstić information content (AvgIpc) is 3.18. The van der Waals surface area contributed by atoms with Crippen molar-refractivity contribution in [2.75, 3.05) is 26.4 Å². The van der Waals surface area contributed by atoms with Crippen LogP contribution in [-0.2, 0) is 14.3 Å². The molecule has 1 unspecified atom stereocenters. The Hall–Kier alpha value is -3.51. The number of halogens is 2. The molecule has 3 heterocycles. The van der Waals surface area contributed by atoms with Gasteiger partial charge in [-0.05, 0) is 32.1 Å². The fraction of sp³-hybridized carbons (Fsp3) is 0.519. The van der Waals surface area contributed by atoms with Gasteiger partial charge in [-0.25, -0.2) is 23.5 Å². The van der Waals surface area contributed by atoms with Gasteiger partial charge in [0.2, 0.25) is 11.8 Å². The summed E-state index contributed by atoms with van der Waals surface area (Å²) in [5.74, 6) is -3.63. The van der Waals surface area contributed by atoms with Gasteiger partial charge in [0.15, 0.2) is 12.1 Å². The van der Waals surface area contributed by atoms with Gasteiger partial charge >= 0.3 is 6.03 Å². The maximum atomic E-state index is 13.6. The molecule has 2 aromatic rings. The van der Waals surface area contributed by atoms with Crippen LogP contribution in [0.3, 0.4) is 0 Å². The number of hydrogen-bond donors (Lipinski definition) is 1. The number of urea groups is 1. The summed E-state index contributed by atoms with van der Waals surface area (Å²) in [5, 5.41) is 2.55. The van der Waals surface area contributed by atoms with Crippen LogP contribution in [0.25, 0.3) is 11.3 Å². The highest BCUT2D eigenvalue weighted by molar-refractivity contribution is 6.11. The zero-order valence-electron chi connectivity index (χ0n) is 21.4. The van der Waals surface area contributed by atoms with Crippen molar-refractivity contribution in [2.45, 2.75) is 62.7 Å². The Labute approximate surface area is 224 Å². The highest BCUT2D eigenvalue weighted by Crippen LogP contribution is 2.41. The van der Waals surface area contributed by atoms with Crippen molar-refractivity contribution in [2.24, 2.45) is 0 Å². The first-order chi connectivity index (χ1) is 18.8. The van der Waals surface area contributed by atoms with Crippen LogP contribution in [0.4, 0.5) is 13.6 Å². The summed E-state index contributed by atoms with van der Waals surface area (Å²) in [6, 6.07) is 5.74. The summed E-state index contributed by atoms with van der Waals surface area (Å²) < 4.78 is 44.2. The molecule has 3 aliphatic rings. The number of hydrogen-bond acceptors (Lipinski definition) is 8. The zero-order valence-corrected chi connectivity index (χ0v) is 21.4. The Morgan fingerprint density at radius 1 is 1.05 bits per heavy atom. The average molecular weight is 545 g/mol. The molecule has 2 saturated heterocycles. The van der Waals surface area contributed by atoms with Crippen LogP contribution in [-0.4, -0.2) is 76.7 Å². The maximum Gasteiger partial charge on any atom is 0.325 e. The van der Waals surface area contributed by atoms with Crippen molar-refractivity contribution >= 4 is 17.7 Å². The van der Waals surface area contributed by atoms with Crippen LogP contribution in [0.5, 0.6) is 5.88 Å². The van der Waals surface area contributed by atoms with E-state index in [0.29, 0.717) is 30.4 Å². The van der Waals surface area contributed by atoms with Gasteiger partial charge in [-0.3, -0.25) is 14.5 Å². The zero-order chi connectivity index (χ0) is 27.5. The number of benzene rings is 1. The summed E-state index contributed by atoms with van der Waals surface area (Å²) in [6.45, 7) is 0.808. The van der Waals surface area contributed by atoms with Crippen molar-refractivity contribution in [3.05, 3.63) is 42.2 Å². The molecule has 5 rings (SSSR count). The second kappa shape index (κ2) is 11.3. The molecule has 1 aromatic heterocycles. The molecule has 10 nitrogen and oxygen atoms in total. The third kappa shape index (κ3) is 6.06. The third-order valence-electron chi connectivity index (χ3n) is 7.29. The number of Topliss-reactive ketones (excluding diaryl/α,β-unsaturated/α-hetero) is 1. The summed E-state index contributed by atoms with van der Waals surface area (Å²) in [4.78, 5) is 47.8. The molecule has 12 heteroatoms. The van der Waals surface area contributed by atoms with Crippen LogP contribution < -0.4 is 10.1 Å². The number of imide groups is 1. The highest BCUT2D eigenvalue weighted by Gasteiger charge is 2.55. The van der Waals surface area contributed by atoms with Gasteiger partial charge in [-0.2, -0.15) is 0 Å². The molecule has 1 aromatic carbocycles. The van der Waals surface area contributed by atoms with Crippen molar-refractivity contribution in [3.63, 3.8) is 0 Å². The largest absolute Gasteiger partial charge is 0.474 e. The second-order valence-electron chi connectivity index (χ2n) is 9.99. The van der Waals surface area contributed by atoms with Gasteiger partial charge in [0.25, 0.3) is 5.91 Å². The van der Waals surface area contributed by atoms with E-state index < -0.39 is 48.6 Å². The van der Waals surface area contributed by atoms with E-state index in [1.54, 1.807) is 24.3 Å². The lowest BCUT2D eigenvalue weighted by molar-refractivity contribution is -0.165. The Kier molecular flexibility index (Phi) is 7.85. The first-order valence-electron chi connectivity index (χ1n) is 13.1. The molecule has 0 bridgehead atoms. The minimum absolute atomic E-state index is 0.160. The van der Waals surface area contributed by atoms with Gasteiger partial charge in [-0.15, -0.1) is 0 Å². The molecule has 0 radical (unpaired) electrons. The first-order valence-corrected chi connectivity index (χ1v) is 13.1. The lowest BCUT2D eigenvalue weighted by Gasteiger charge is -2.34. The van der Waals surface area contributed by atoms with Crippen LogP contribution in [0.2, 0.25) is 0 Å². The molecular weight excluding hydrogens is 514 g/mol. The molecule has 1 saturated carbocycles. The van der Waals surface area contributed by atoms with Crippen LogP contribution in [0.15, 0.2) is 36.7 Å². The van der Waals surface area contributed by atoms with E-state index in [9.17, 15) is 23.2 Å². The number of nitrogens with zero attached hydrogens (tertiary/aromatic N) is 3. The van der Waals surface area contributed by atoms with Gasteiger partial charge in [-0.1, -0.05) is 24.3 Å². The lowest BCUT2D eigenvalue weighted by Crippen LogP contribution is -2.51. The number of ether oxygens (including phenoxy) is 3. The topological polar surface area (TPSA) is 120 Å². The number of ketones is 1. The highest BCUT2D eigenvalue weighted by atomic mass is 19.3. The molecule has 208 valence electrons. The number of amides is 3. The summed E-state index contributed by atoms with van der Waals surface area (Å²) >= 11 is 0.